The molecule has 1 aliphatic rings. The van der Waals surface area contributed by atoms with Crippen LogP contribution in [0.1, 0.15) is 39.0 Å². The second kappa shape index (κ2) is 5.14. The van der Waals surface area contributed by atoms with Gasteiger partial charge in [0.25, 0.3) is 0 Å². The quantitative estimate of drug-likeness (QED) is 0.760. The molecule has 5 nitrogen and oxygen atoms in total. The fraction of sp³-hybridized carbons (Fsp3) is 0.900. The maximum atomic E-state index is 11.3. The molecule has 0 spiro atoms. The second-order valence-electron chi connectivity index (χ2n) is 4.37. The van der Waals surface area contributed by atoms with E-state index in [1.165, 1.54) is 6.92 Å². The maximum absolute atomic E-state index is 11.3. The zero-order valence-electron chi connectivity index (χ0n) is 9.53. The van der Waals surface area contributed by atoms with E-state index in [1.54, 1.807) is 0 Å². The Bertz CT molecular complexity index is 344. The summed E-state index contributed by atoms with van der Waals surface area (Å²) in [5.41, 5.74) is -0.888. The van der Waals surface area contributed by atoms with Crippen LogP contribution in [0.4, 0.5) is 0 Å². The molecule has 0 atom stereocenters. The van der Waals surface area contributed by atoms with Gasteiger partial charge < -0.3 is 5.11 Å². The molecule has 0 radical (unpaired) electrons. The molecule has 94 valence electrons. The predicted molar refractivity (Wildman–Crippen MR) is 60.6 cm³/mol. The van der Waals surface area contributed by atoms with Crippen molar-refractivity contribution in [3.05, 3.63) is 0 Å². The summed E-state index contributed by atoms with van der Waals surface area (Å²) in [6.07, 6.45) is 3.89. The molecule has 0 aliphatic heterocycles. The second-order valence-corrected chi connectivity index (χ2v) is 6.47. The van der Waals surface area contributed by atoms with E-state index in [9.17, 15) is 18.3 Å². The molecule has 0 aromatic heterocycles. The SMILES string of the molecule is CCS(=O)(=O)NCC1(C(=O)O)CCCCC1. The van der Waals surface area contributed by atoms with E-state index in [2.05, 4.69) is 4.72 Å². The van der Waals surface area contributed by atoms with Crippen LogP contribution in [0.5, 0.6) is 0 Å². The first-order chi connectivity index (χ1) is 7.42. The van der Waals surface area contributed by atoms with Gasteiger partial charge in [-0.15, -0.1) is 0 Å². The van der Waals surface area contributed by atoms with Crippen LogP contribution in [0.2, 0.25) is 0 Å². The summed E-state index contributed by atoms with van der Waals surface area (Å²) in [7, 11) is -3.30. The minimum atomic E-state index is -3.30. The van der Waals surface area contributed by atoms with Gasteiger partial charge in [0.1, 0.15) is 0 Å². The van der Waals surface area contributed by atoms with Gasteiger partial charge in [0, 0.05) is 6.54 Å². The van der Waals surface area contributed by atoms with E-state index in [4.69, 9.17) is 0 Å². The van der Waals surface area contributed by atoms with Crippen LogP contribution in [0, 0.1) is 5.41 Å². The summed E-state index contributed by atoms with van der Waals surface area (Å²) in [6.45, 7) is 1.56. The number of hydrogen-bond acceptors (Lipinski definition) is 3. The number of carboxylic acid groups (broad SMARTS) is 1. The molecular formula is C10H19NO4S. The summed E-state index contributed by atoms with van der Waals surface area (Å²) in [5, 5.41) is 9.22. The Balaban J connectivity index is 2.69. The molecular weight excluding hydrogens is 230 g/mol. The number of nitrogens with one attached hydrogen (secondary N) is 1. The molecule has 16 heavy (non-hydrogen) atoms. The number of aliphatic carboxylic acids is 1. The van der Waals surface area contributed by atoms with Crippen molar-refractivity contribution in [3.8, 4) is 0 Å². The normalized spacial score (nSPS) is 20.6. The van der Waals surface area contributed by atoms with Gasteiger partial charge in [-0.2, -0.15) is 0 Å². The lowest BCUT2D eigenvalue weighted by molar-refractivity contribution is -0.150. The third kappa shape index (κ3) is 3.18. The van der Waals surface area contributed by atoms with Crippen molar-refractivity contribution >= 4 is 16.0 Å². The first-order valence-corrected chi connectivity index (χ1v) is 7.28. The first kappa shape index (κ1) is 13.4. The number of carbonyl (C=O) groups is 1. The topological polar surface area (TPSA) is 83.5 Å². The van der Waals surface area contributed by atoms with Crippen LogP contribution in [-0.4, -0.2) is 31.8 Å². The summed E-state index contributed by atoms with van der Waals surface area (Å²) >= 11 is 0. The Morgan fingerprint density at radius 3 is 2.31 bits per heavy atom. The van der Waals surface area contributed by atoms with Crippen molar-refractivity contribution in [2.24, 2.45) is 5.41 Å². The van der Waals surface area contributed by atoms with Crippen LogP contribution in [-0.2, 0) is 14.8 Å². The van der Waals surface area contributed by atoms with Gasteiger partial charge in [-0.3, -0.25) is 4.79 Å². The molecule has 1 fully saturated rings. The van der Waals surface area contributed by atoms with Gasteiger partial charge >= 0.3 is 5.97 Å². The predicted octanol–water partition coefficient (Wildman–Crippen LogP) is 0.961. The van der Waals surface area contributed by atoms with Gasteiger partial charge in [-0.25, -0.2) is 13.1 Å². The summed E-state index contributed by atoms with van der Waals surface area (Å²) in [4.78, 5) is 11.2. The molecule has 2 N–H and O–H groups in total. The number of sulfonamides is 1. The van der Waals surface area contributed by atoms with E-state index >= 15 is 0 Å². The van der Waals surface area contributed by atoms with Gasteiger partial charge in [0.05, 0.1) is 11.2 Å². The van der Waals surface area contributed by atoms with E-state index in [-0.39, 0.29) is 12.3 Å². The number of carboxylic acids is 1. The molecule has 0 bridgehead atoms. The van der Waals surface area contributed by atoms with Crippen molar-refractivity contribution in [3.63, 3.8) is 0 Å². The molecule has 1 saturated carbocycles. The highest BCUT2D eigenvalue weighted by Crippen LogP contribution is 2.36. The average molecular weight is 249 g/mol. The molecule has 0 saturated heterocycles. The average Bonchev–Trinajstić information content (AvgIpc) is 2.28. The van der Waals surface area contributed by atoms with E-state index in [1.807, 2.05) is 0 Å². The molecule has 0 aromatic carbocycles. The molecule has 0 heterocycles. The molecule has 0 amide bonds. The minimum Gasteiger partial charge on any atom is -0.481 e. The zero-order valence-corrected chi connectivity index (χ0v) is 10.3. The van der Waals surface area contributed by atoms with Gasteiger partial charge in [0.15, 0.2) is 0 Å². The third-order valence-electron chi connectivity index (χ3n) is 3.27. The van der Waals surface area contributed by atoms with Gasteiger partial charge in [0.2, 0.25) is 10.0 Å². The Morgan fingerprint density at radius 1 is 1.31 bits per heavy atom. The third-order valence-corrected chi connectivity index (χ3v) is 4.62. The summed E-state index contributed by atoms with van der Waals surface area (Å²) in [6, 6.07) is 0. The smallest absolute Gasteiger partial charge is 0.310 e. The molecule has 1 aliphatic carbocycles. The van der Waals surface area contributed by atoms with Crippen molar-refractivity contribution in [1.82, 2.24) is 4.72 Å². The van der Waals surface area contributed by atoms with Crippen LogP contribution >= 0.6 is 0 Å². The van der Waals surface area contributed by atoms with Crippen molar-refractivity contribution in [2.45, 2.75) is 39.0 Å². The highest BCUT2D eigenvalue weighted by atomic mass is 32.2. The van der Waals surface area contributed by atoms with Crippen LogP contribution in [0.15, 0.2) is 0 Å². The summed E-state index contributed by atoms with van der Waals surface area (Å²) < 4.78 is 25.0. The van der Waals surface area contributed by atoms with Crippen molar-refractivity contribution in [1.29, 1.82) is 0 Å². The Hall–Kier alpha value is -0.620. The van der Waals surface area contributed by atoms with Gasteiger partial charge in [-0.05, 0) is 19.8 Å². The molecule has 0 aromatic rings. The molecule has 6 heteroatoms. The monoisotopic (exact) mass is 249 g/mol. The first-order valence-electron chi connectivity index (χ1n) is 5.63. The van der Waals surface area contributed by atoms with E-state index in [0.717, 1.165) is 19.3 Å². The van der Waals surface area contributed by atoms with Crippen LogP contribution in [0.25, 0.3) is 0 Å². The van der Waals surface area contributed by atoms with Crippen LogP contribution in [0.3, 0.4) is 0 Å². The molecule has 0 unspecified atom stereocenters. The maximum Gasteiger partial charge on any atom is 0.310 e. The lowest BCUT2D eigenvalue weighted by Gasteiger charge is -2.33. The lowest BCUT2D eigenvalue weighted by atomic mass is 9.74. The Labute approximate surface area is 96.3 Å². The van der Waals surface area contributed by atoms with E-state index in [0.29, 0.717) is 12.8 Å². The fourth-order valence-electron chi connectivity index (χ4n) is 2.04. The zero-order chi connectivity index (χ0) is 12.2. The Morgan fingerprint density at radius 2 is 1.88 bits per heavy atom. The van der Waals surface area contributed by atoms with Gasteiger partial charge in [-0.1, -0.05) is 19.3 Å². The standard InChI is InChI=1S/C10H19NO4S/c1-2-16(14,15)11-8-10(9(12)13)6-4-3-5-7-10/h11H,2-8H2,1H3,(H,12,13). The van der Waals surface area contributed by atoms with Crippen LogP contribution < -0.4 is 4.72 Å². The minimum absolute atomic E-state index is 0.0112. The summed E-state index contributed by atoms with van der Waals surface area (Å²) in [5.74, 6) is -0.895. The highest BCUT2D eigenvalue weighted by Gasteiger charge is 2.40. The highest BCUT2D eigenvalue weighted by molar-refractivity contribution is 7.89. The lowest BCUT2D eigenvalue weighted by Crippen LogP contribution is -2.44. The van der Waals surface area contributed by atoms with E-state index < -0.39 is 21.4 Å². The number of rotatable bonds is 5. The largest absolute Gasteiger partial charge is 0.481 e. The van der Waals surface area contributed by atoms with Crippen molar-refractivity contribution in [2.75, 3.05) is 12.3 Å². The van der Waals surface area contributed by atoms with Crippen molar-refractivity contribution < 1.29 is 18.3 Å². The number of hydrogen-bond donors (Lipinski definition) is 2. The fourth-order valence-corrected chi connectivity index (χ4v) is 2.75. The molecule has 1 rings (SSSR count). The Kier molecular flexibility index (Phi) is 4.32.